The van der Waals surface area contributed by atoms with Crippen molar-refractivity contribution in [2.24, 2.45) is 0 Å². The van der Waals surface area contributed by atoms with Crippen molar-refractivity contribution in [3.8, 4) is 5.75 Å². The van der Waals surface area contributed by atoms with Crippen molar-refractivity contribution in [1.29, 1.82) is 0 Å². The van der Waals surface area contributed by atoms with Crippen LogP contribution in [-0.4, -0.2) is 33.3 Å². The highest BCUT2D eigenvalue weighted by atomic mass is 16.5. The Bertz CT molecular complexity index is 352. The van der Waals surface area contributed by atoms with Gasteiger partial charge < -0.3 is 15.0 Å². The first-order valence-corrected chi connectivity index (χ1v) is 7.27. The maximum Gasteiger partial charge on any atom is 0.121 e. The lowest BCUT2D eigenvalue weighted by Gasteiger charge is -2.14. The Labute approximate surface area is 118 Å². The van der Waals surface area contributed by atoms with Crippen molar-refractivity contribution in [3.63, 3.8) is 0 Å². The minimum absolute atomic E-state index is 0.613. The fraction of sp³-hybridized carbons (Fsp3) is 0.625. The molecule has 0 aliphatic carbocycles. The van der Waals surface area contributed by atoms with Crippen LogP contribution in [0.2, 0.25) is 0 Å². The fourth-order valence-corrected chi connectivity index (χ4v) is 2.04. The molecule has 1 rings (SSSR count). The van der Waals surface area contributed by atoms with Gasteiger partial charge in [-0.3, -0.25) is 0 Å². The van der Waals surface area contributed by atoms with E-state index in [4.69, 9.17) is 4.74 Å². The second-order valence-corrected chi connectivity index (χ2v) is 5.19. The summed E-state index contributed by atoms with van der Waals surface area (Å²) in [5.74, 6) is 0.964. The molecule has 3 nitrogen and oxygen atoms in total. The van der Waals surface area contributed by atoms with Crippen LogP contribution in [0.25, 0.3) is 0 Å². The molecule has 0 radical (unpaired) electrons. The van der Waals surface area contributed by atoms with Crippen molar-refractivity contribution in [2.45, 2.75) is 39.2 Å². The zero-order valence-corrected chi connectivity index (χ0v) is 12.8. The zero-order valence-electron chi connectivity index (χ0n) is 12.8. The Morgan fingerprint density at radius 1 is 1.26 bits per heavy atom. The Morgan fingerprint density at radius 2 is 2.05 bits per heavy atom. The summed E-state index contributed by atoms with van der Waals surface area (Å²) in [6.45, 7) is 6.24. The molecule has 0 aromatic heterocycles. The maximum atomic E-state index is 5.79. The smallest absolute Gasteiger partial charge is 0.121 e. The maximum absolute atomic E-state index is 5.79. The van der Waals surface area contributed by atoms with Gasteiger partial charge in [0.15, 0.2) is 0 Å². The lowest BCUT2D eigenvalue weighted by molar-refractivity contribution is 0.302. The number of hydrogen-bond donors (Lipinski definition) is 1. The van der Waals surface area contributed by atoms with Gasteiger partial charge in [0.2, 0.25) is 0 Å². The van der Waals surface area contributed by atoms with Gasteiger partial charge in [-0.15, -0.1) is 0 Å². The molecule has 0 spiro atoms. The van der Waals surface area contributed by atoms with Crippen LogP contribution < -0.4 is 15.0 Å². The predicted octanol–water partition coefficient (Wildman–Crippen LogP) is 3.30. The van der Waals surface area contributed by atoms with Crippen LogP contribution in [0.3, 0.4) is 0 Å². The van der Waals surface area contributed by atoms with Crippen LogP contribution in [0.15, 0.2) is 24.3 Å². The molecule has 1 unspecified atom stereocenters. The molecule has 3 heteroatoms. The Balaban J connectivity index is 2.20. The Morgan fingerprint density at radius 3 is 2.74 bits per heavy atom. The molecule has 1 N–H and O–H groups in total. The minimum Gasteiger partial charge on any atom is -0.494 e. The van der Waals surface area contributed by atoms with E-state index in [2.05, 4.69) is 36.2 Å². The molecule has 1 aromatic carbocycles. The molecule has 1 atom stereocenters. The molecular formula is C16H28N2O. The van der Waals surface area contributed by atoms with Gasteiger partial charge in [0.05, 0.1) is 6.61 Å². The third-order valence-corrected chi connectivity index (χ3v) is 3.19. The number of benzene rings is 1. The predicted molar refractivity (Wildman–Crippen MR) is 83.3 cm³/mol. The Kier molecular flexibility index (Phi) is 7.34. The van der Waals surface area contributed by atoms with E-state index in [1.54, 1.807) is 0 Å². The van der Waals surface area contributed by atoms with Crippen molar-refractivity contribution in [2.75, 3.05) is 32.1 Å². The molecule has 108 valence electrons. The lowest BCUT2D eigenvalue weighted by Crippen LogP contribution is -2.25. The third kappa shape index (κ3) is 6.48. The van der Waals surface area contributed by atoms with E-state index in [-0.39, 0.29) is 0 Å². The van der Waals surface area contributed by atoms with Gasteiger partial charge in [0, 0.05) is 31.9 Å². The first-order chi connectivity index (χ1) is 9.13. The molecule has 0 bridgehead atoms. The minimum atomic E-state index is 0.613. The number of anilines is 1. The number of unbranched alkanes of at least 4 members (excludes halogenated alkanes) is 1. The molecule has 0 amide bonds. The molecule has 1 aromatic rings. The first kappa shape index (κ1) is 15.8. The van der Waals surface area contributed by atoms with Crippen LogP contribution in [-0.2, 0) is 0 Å². The average molecular weight is 264 g/mol. The fourth-order valence-electron chi connectivity index (χ4n) is 2.04. The highest BCUT2D eigenvalue weighted by Gasteiger charge is 2.01. The summed E-state index contributed by atoms with van der Waals surface area (Å²) in [7, 11) is 4.09. The molecule has 0 aliphatic heterocycles. The van der Waals surface area contributed by atoms with E-state index in [1.165, 1.54) is 18.5 Å². The van der Waals surface area contributed by atoms with Crippen LogP contribution in [0.1, 0.15) is 33.1 Å². The van der Waals surface area contributed by atoms with E-state index in [0.717, 1.165) is 25.3 Å². The third-order valence-electron chi connectivity index (χ3n) is 3.19. The summed E-state index contributed by atoms with van der Waals surface area (Å²) in [4.78, 5) is 2.09. The molecule has 0 saturated heterocycles. The normalized spacial score (nSPS) is 12.2. The van der Waals surface area contributed by atoms with Crippen molar-refractivity contribution in [3.05, 3.63) is 24.3 Å². The highest BCUT2D eigenvalue weighted by Crippen LogP contribution is 2.19. The van der Waals surface area contributed by atoms with Gasteiger partial charge in [0.1, 0.15) is 5.75 Å². The number of ether oxygens (including phenoxy) is 1. The summed E-state index contributed by atoms with van der Waals surface area (Å²) in [5.41, 5.74) is 1.18. The quantitative estimate of drug-likeness (QED) is 0.693. The molecule has 0 fully saturated rings. The van der Waals surface area contributed by atoms with E-state index in [0.29, 0.717) is 6.04 Å². The highest BCUT2D eigenvalue weighted by molar-refractivity contribution is 5.49. The van der Waals surface area contributed by atoms with E-state index in [9.17, 15) is 0 Å². The lowest BCUT2D eigenvalue weighted by atomic mass is 10.1. The summed E-state index contributed by atoms with van der Waals surface area (Å²) < 4.78 is 5.79. The van der Waals surface area contributed by atoms with Gasteiger partial charge in [-0.25, -0.2) is 0 Å². The number of rotatable bonds is 9. The number of hydrogen-bond acceptors (Lipinski definition) is 3. The SMILES string of the molecule is CCNC(C)CCCCOc1cccc(N(C)C)c1. The summed E-state index contributed by atoms with van der Waals surface area (Å²) in [6, 6.07) is 8.85. The zero-order chi connectivity index (χ0) is 14.1. The Hall–Kier alpha value is -1.22. The van der Waals surface area contributed by atoms with Gasteiger partial charge in [-0.1, -0.05) is 13.0 Å². The second-order valence-electron chi connectivity index (χ2n) is 5.19. The van der Waals surface area contributed by atoms with Crippen molar-refractivity contribution in [1.82, 2.24) is 5.32 Å². The van der Waals surface area contributed by atoms with Gasteiger partial charge >= 0.3 is 0 Å². The van der Waals surface area contributed by atoms with E-state index >= 15 is 0 Å². The first-order valence-electron chi connectivity index (χ1n) is 7.27. The van der Waals surface area contributed by atoms with Crippen molar-refractivity contribution < 1.29 is 4.74 Å². The number of nitrogens with one attached hydrogen (secondary N) is 1. The van der Waals surface area contributed by atoms with E-state index in [1.807, 2.05) is 26.2 Å². The molecule has 0 heterocycles. The van der Waals surface area contributed by atoms with Crippen molar-refractivity contribution >= 4 is 5.69 Å². The molecule has 0 saturated carbocycles. The van der Waals surface area contributed by atoms with E-state index < -0.39 is 0 Å². The molecule has 19 heavy (non-hydrogen) atoms. The summed E-state index contributed by atoms with van der Waals surface area (Å²) >= 11 is 0. The van der Waals surface area contributed by atoms with Crippen LogP contribution in [0.4, 0.5) is 5.69 Å². The van der Waals surface area contributed by atoms with Gasteiger partial charge in [0.25, 0.3) is 0 Å². The summed E-state index contributed by atoms with van der Waals surface area (Å²) in [5, 5.41) is 3.43. The molecule has 0 aliphatic rings. The average Bonchev–Trinajstić information content (AvgIpc) is 2.39. The van der Waals surface area contributed by atoms with Gasteiger partial charge in [-0.2, -0.15) is 0 Å². The largest absolute Gasteiger partial charge is 0.494 e. The topological polar surface area (TPSA) is 24.5 Å². The number of nitrogens with zero attached hydrogens (tertiary/aromatic N) is 1. The van der Waals surface area contributed by atoms with Crippen LogP contribution >= 0.6 is 0 Å². The molecular weight excluding hydrogens is 236 g/mol. The summed E-state index contributed by atoms with van der Waals surface area (Å²) in [6.07, 6.45) is 3.54. The van der Waals surface area contributed by atoms with Crippen LogP contribution in [0, 0.1) is 0 Å². The second kappa shape index (κ2) is 8.81. The monoisotopic (exact) mass is 264 g/mol. The standard InChI is InChI=1S/C16H28N2O/c1-5-17-14(2)9-6-7-12-19-16-11-8-10-15(13-16)18(3)4/h8,10-11,13-14,17H,5-7,9,12H2,1-4H3. The van der Waals surface area contributed by atoms with Gasteiger partial charge in [-0.05, 0) is 44.9 Å². The van der Waals surface area contributed by atoms with Crippen LogP contribution in [0.5, 0.6) is 5.75 Å².